The third-order valence-electron chi connectivity index (χ3n) is 2.94. The van der Waals surface area contributed by atoms with Crippen LogP contribution in [0, 0.1) is 5.41 Å². The topological polar surface area (TPSA) is 52.0 Å². The maximum absolute atomic E-state index is 6.13. The second-order valence-corrected chi connectivity index (χ2v) is 5.02. The second kappa shape index (κ2) is 3.71. The first-order valence-electron chi connectivity index (χ1n) is 5.52. The van der Waals surface area contributed by atoms with E-state index in [2.05, 4.69) is 26.0 Å². The van der Waals surface area contributed by atoms with E-state index < -0.39 is 0 Å². The van der Waals surface area contributed by atoms with E-state index in [0.717, 1.165) is 28.9 Å². The van der Waals surface area contributed by atoms with E-state index in [9.17, 15) is 0 Å². The van der Waals surface area contributed by atoms with Crippen molar-refractivity contribution in [1.29, 1.82) is 0 Å². The molecule has 2 nitrogen and oxygen atoms in total. The van der Waals surface area contributed by atoms with Gasteiger partial charge in [-0.15, -0.1) is 0 Å². The lowest BCUT2D eigenvalue weighted by Gasteiger charge is -2.26. The number of para-hydroxylation sites is 1. The van der Waals surface area contributed by atoms with Crippen LogP contribution in [0.25, 0.3) is 5.57 Å². The first kappa shape index (κ1) is 10.8. The quantitative estimate of drug-likeness (QED) is 0.706. The van der Waals surface area contributed by atoms with Crippen molar-refractivity contribution in [3.8, 4) is 0 Å². The van der Waals surface area contributed by atoms with E-state index in [4.69, 9.17) is 11.5 Å². The summed E-state index contributed by atoms with van der Waals surface area (Å²) in [6, 6.07) is 7.84. The van der Waals surface area contributed by atoms with Crippen molar-refractivity contribution in [3.63, 3.8) is 0 Å². The summed E-state index contributed by atoms with van der Waals surface area (Å²) in [6.45, 7) is 4.36. The predicted molar refractivity (Wildman–Crippen MR) is 69.5 cm³/mol. The molecule has 1 aromatic carbocycles. The number of rotatable bonds is 1. The zero-order valence-corrected chi connectivity index (χ0v) is 9.83. The Hall–Kier alpha value is -1.70. The fraction of sp³-hybridized carbons (Fsp3) is 0.286. The van der Waals surface area contributed by atoms with Crippen molar-refractivity contribution in [1.82, 2.24) is 0 Å². The van der Waals surface area contributed by atoms with Gasteiger partial charge in [0.25, 0.3) is 0 Å². The number of benzene rings is 1. The van der Waals surface area contributed by atoms with Crippen LogP contribution in [0.2, 0.25) is 0 Å². The van der Waals surface area contributed by atoms with Gasteiger partial charge in [0.1, 0.15) is 0 Å². The Morgan fingerprint density at radius 3 is 2.44 bits per heavy atom. The van der Waals surface area contributed by atoms with Crippen LogP contribution >= 0.6 is 0 Å². The lowest BCUT2D eigenvalue weighted by molar-refractivity contribution is 0.469. The fourth-order valence-electron chi connectivity index (χ4n) is 2.07. The largest absolute Gasteiger partial charge is 0.402 e. The van der Waals surface area contributed by atoms with E-state index in [1.54, 1.807) is 0 Å². The number of allylic oxidation sites excluding steroid dienone is 4. The Balaban J connectivity index is 2.45. The molecule has 0 heterocycles. The molecular formula is C14H18N2. The minimum atomic E-state index is 0.150. The molecule has 1 aliphatic carbocycles. The van der Waals surface area contributed by atoms with Crippen LogP contribution in [0.1, 0.15) is 25.8 Å². The predicted octanol–water partition coefficient (Wildman–Crippen LogP) is 2.92. The first-order valence-corrected chi connectivity index (χ1v) is 5.52. The van der Waals surface area contributed by atoms with E-state index in [-0.39, 0.29) is 5.41 Å². The standard InChI is InChI=1S/C14H18N2/c1-14(2)8-7-11(13(16)9-14)10-5-3-4-6-12(10)15/h3-8H,9,15-16H2,1-2H3. The number of hydrogen-bond donors (Lipinski definition) is 2. The summed E-state index contributed by atoms with van der Waals surface area (Å²) >= 11 is 0. The smallest absolute Gasteiger partial charge is 0.0394 e. The molecular weight excluding hydrogens is 196 g/mol. The van der Waals surface area contributed by atoms with E-state index in [1.807, 2.05) is 24.3 Å². The maximum Gasteiger partial charge on any atom is 0.0394 e. The molecule has 2 rings (SSSR count). The molecule has 1 aromatic rings. The number of anilines is 1. The molecule has 0 spiro atoms. The molecule has 0 amide bonds. The van der Waals surface area contributed by atoms with Crippen molar-refractivity contribution in [3.05, 3.63) is 47.7 Å². The molecule has 0 unspecified atom stereocenters. The molecule has 84 valence electrons. The molecule has 1 aliphatic rings. The Labute approximate surface area is 96.6 Å². The molecule has 0 bridgehead atoms. The summed E-state index contributed by atoms with van der Waals surface area (Å²) < 4.78 is 0. The van der Waals surface area contributed by atoms with E-state index in [0.29, 0.717) is 0 Å². The van der Waals surface area contributed by atoms with Crippen molar-refractivity contribution in [2.24, 2.45) is 11.1 Å². The van der Waals surface area contributed by atoms with E-state index >= 15 is 0 Å². The minimum absolute atomic E-state index is 0.150. The molecule has 16 heavy (non-hydrogen) atoms. The third-order valence-corrected chi connectivity index (χ3v) is 2.94. The maximum atomic E-state index is 6.13. The molecule has 0 atom stereocenters. The van der Waals surface area contributed by atoms with Gasteiger partial charge in [0.05, 0.1) is 0 Å². The van der Waals surface area contributed by atoms with Gasteiger partial charge in [0.2, 0.25) is 0 Å². The Morgan fingerprint density at radius 2 is 1.81 bits per heavy atom. The van der Waals surface area contributed by atoms with Gasteiger partial charge in [-0.05, 0) is 17.9 Å². The Kier molecular flexibility index (Phi) is 2.50. The van der Waals surface area contributed by atoms with Gasteiger partial charge in [0.15, 0.2) is 0 Å². The summed E-state index contributed by atoms with van der Waals surface area (Å²) in [7, 11) is 0. The summed E-state index contributed by atoms with van der Waals surface area (Å²) in [6.07, 6.45) is 5.17. The minimum Gasteiger partial charge on any atom is -0.402 e. The normalized spacial score (nSPS) is 18.9. The van der Waals surface area contributed by atoms with E-state index in [1.165, 1.54) is 0 Å². The van der Waals surface area contributed by atoms with Crippen LogP contribution in [-0.4, -0.2) is 0 Å². The van der Waals surface area contributed by atoms with Crippen molar-refractivity contribution in [2.45, 2.75) is 20.3 Å². The Bertz CT molecular complexity index is 467. The molecule has 0 aromatic heterocycles. The first-order chi connectivity index (χ1) is 7.49. The van der Waals surface area contributed by atoms with Gasteiger partial charge in [0, 0.05) is 22.5 Å². The number of nitrogens with two attached hydrogens (primary N) is 2. The SMILES string of the molecule is CC1(C)C=CC(c2ccccc2N)=C(N)C1. The third kappa shape index (κ3) is 1.96. The second-order valence-electron chi connectivity index (χ2n) is 5.02. The zero-order chi connectivity index (χ0) is 11.8. The lowest BCUT2D eigenvalue weighted by atomic mass is 9.80. The summed E-state index contributed by atoms with van der Waals surface area (Å²) in [5.74, 6) is 0. The highest BCUT2D eigenvalue weighted by atomic mass is 14.6. The van der Waals surface area contributed by atoms with Crippen molar-refractivity contribution >= 4 is 11.3 Å². The molecule has 2 heteroatoms. The molecule has 0 saturated heterocycles. The fourth-order valence-corrected chi connectivity index (χ4v) is 2.07. The highest BCUT2D eigenvalue weighted by Crippen LogP contribution is 2.36. The summed E-state index contributed by atoms with van der Waals surface area (Å²) in [5.41, 5.74) is 16.0. The molecule has 0 saturated carbocycles. The van der Waals surface area contributed by atoms with Gasteiger partial charge >= 0.3 is 0 Å². The van der Waals surface area contributed by atoms with Crippen molar-refractivity contribution < 1.29 is 0 Å². The average molecular weight is 214 g/mol. The Morgan fingerprint density at radius 1 is 1.12 bits per heavy atom. The van der Waals surface area contributed by atoms with Crippen LogP contribution in [0.4, 0.5) is 5.69 Å². The number of nitrogen functional groups attached to an aromatic ring is 1. The summed E-state index contributed by atoms with van der Waals surface area (Å²) in [5, 5.41) is 0. The molecule has 4 N–H and O–H groups in total. The van der Waals surface area contributed by atoms with Crippen molar-refractivity contribution in [2.75, 3.05) is 5.73 Å². The van der Waals surface area contributed by atoms with Crippen LogP contribution < -0.4 is 11.5 Å². The van der Waals surface area contributed by atoms with Gasteiger partial charge < -0.3 is 11.5 Å². The zero-order valence-electron chi connectivity index (χ0n) is 9.83. The van der Waals surface area contributed by atoms with Gasteiger partial charge in [-0.1, -0.05) is 44.2 Å². The highest BCUT2D eigenvalue weighted by Gasteiger charge is 2.21. The van der Waals surface area contributed by atoms with Crippen LogP contribution in [0.3, 0.4) is 0 Å². The van der Waals surface area contributed by atoms with Gasteiger partial charge in [-0.2, -0.15) is 0 Å². The van der Waals surface area contributed by atoms with Gasteiger partial charge in [-0.3, -0.25) is 0 Å². The summed E-state index contributed by atoms with van der Waals surface area (Å²) in [4.78, 5) is 0. The highest BCUT2D eigenvalue weighted by molar-refractivity contribution is 5.83. The average Bonchev–Trinajstić information content (AvgIpc) is 2.18. The van der Waals surface area contributed by atoms with Crippen LogP contribution in [0.15, 0.2) is 42.1 Å². The number of hydrogen-bond acceptors (Lipinski definition) is 2. The molecule has 0 aliphatic heterocycles. The molecule has 0 fully saturated rings. The van der Waals surface area contributed by atoms with Crippen LogP contribution in [0.5, 0.6) is 0 Å². The monoisotopic (exact) mass is 214 g/mol. The van der Waals surface area contributed by atoms with Crippen LogP contribution in [-0.2, 0) is 0 Å². The van der Waals surface area contributed by atoms with Gasteiger partial charge in [-0.25, -0.2) is 0 Å². The lowest BCUT2D eigenvalue weighted by Crippen LogP contribution is -2.18. The molecule has 0 radical (unpaired) electrons.